The average Bonchev–Trinajstić information content (AvgIpc) is 2.53. The van der Waals surface area contributed by atoms with Gasteiger partial charge in [0.15, 0.2) is 0 Å². The number of nitrogens with zero attached hydrogens (tertiary/aromatic N) is 1. The molecule has 1 N–H and O–H groups in total. The third kappa shape index (κ3) is 6.73. The van der Waals surface area contributed by atoms with Crippen molar-refractivity contribution in [2.24, 2.45) is 0 Å². The lowest BCUT2D eigenvalue weighted by atomic mass is 9.95. The first-order valence-corrected chi connectivity index (χ1v) is 8.40. The van der Waals surface area contributed by atoms with Crippen LogP contribution in [0.3, 0.4) is 0 Å². The van der Waals surface area contributed by atoms with E-state index < -0.39 is 0 Å². The van der Waals surface area contributed by atoms with E-state index in [1.807, 2.05) is 45.3 Å². The van der Waals surface area contributed by atoms with E-state index in [1.54, 1.807) is 12.2 Å². The van der Waals surface area contributed by atoms with Gasteiger partial charge in [-0.3, -0.25) is 4.79 Å². The van der Waals surface area contributed by atoms with Crippen LogP contribution in [0.4, 0.5) is 0 Å². The van der Waals surface area contributed by atoms with E-state index in [-0.39, 0.29) is 11.8 Å². The zero-order valence-corrected chi connectivity index (χ0v) is 15.6. The summed E-state index contributed by atoms with van der Waals surface area (Å²) in [6.45, 7) is 10.8. The summed E-state index contributed by atoms with van der Waals surface area (Å²) in [5.41, 5.74) is 2.46. The molecule has 1 amide bonds. The van der Waals surface area contributed by atoms with E-state index in [4.69, 9.17) is 11.6 Å². The van der Waals surface area contributed by atoms with Gasteiger partial charge in [0.25, 0.3) is 5.91 Å². The number of allylic oxidation sites excluding steroid dienone is 2. The highest BCUT2D eigenvalue weighted by Gasteiger charge is 2.15. The largest absolute Gasteiger partial charge is 0.351 e. The van der Waals surface area contributed by atoms with Gasteiger partial charge in [0.05, 0.1) is 0 Å². The van der Waals surface area contributed by atoms with Gasteiger partial charge in [-0.05, 0) is 63.3 Å². The van der Waals surface area contributed by atoms with Gasteiger partial charge in [-0.15, -0.1) is 0 Å². The Morgan fingerprint density at radius 3 is 2.46 bits per heavy atom. The number of carbonyl (C=O) groups is 1. The summed E-state index contributed by atoms with van der Waals surface area (Å²) in [7, 11) is 4.09. The number of benzene rings is 1. The monoisotopic (exact) mass is 346 g/mol. The zero-order valence-electron chi connectivity index (χ0n) is 14.8. The molecule has 0 heterocycles. The number of rotatable bonds is 9. The fourth-order valence-corrected chi connectivity index (χ4v) is 2.50. The molecular formula is C20H27ClN2O. The molecule has 0 spiro atoms. The van der Waals surface area contributed by atoms with E-state index in [2.05, 4.69) is 23.4 Å². The summed E-state index contributed by atoms with van der Waals surface area (Å²) in [6.07, 6.45) is 4.24. The minimum atomic E-state index is -0.119. The van der Waals surface area contributed by atoms with Crippen LogP contribution in [0.25, 0.3) is 0 Å². The highest BCUT2D eigenvalue weighted by Crippen LogP contribution is 2.21. The number of hydrogen-bond acceptors (Lipinski definition) is 2. The second-order valence-corrected chi connectivity index (χ2v) is 6.58. The minimum absolute atomic E-state index is 0.119. The van der Waals surface area contributed by atoms with E-state index in [9.17, 15) is 4.79 Å². The van der Waals surface area contributed by atoms with Crippen LogP contribution in [-0.2, 0) is 4.79 Å². The summed E-state index contributed by atoms with van der Waals surface area (Å²) in [5.74, 6) is 0.106. The van der Waals surface area contributed by atoms with Crippen molar-refractivity contribution >= 4 is 17.5 Å². The summed E-state index contributed by atoms with van der Waals surface area (Å²) in [4.78, 5) is 14.5. The second kappa shape index (κ2) is 10.1. The predicted octanol–water partition coefficient (Wildman–Crippen LogP) is 4.18. The topological polar surface area (TPSA) is 32.3 Å². The first kappa shape index (κ1) is 20.2. The van der Waals surface area contributed by atoms with Gasteiger partial charge in [0, 0.05) is 23.1 Å². The zero-order chi connectivity index (χ0) is 18.1. The molecule has 130 valence electrons. The molecule has 3 nitrogen and oxygen atoms in total. The first-order chi connectivity index (χ1) is 11.3. The molecule has 24 heavy (non-hydrogen) atoms. The molecule has 0 aliphatic carbocycles. The number of nitrogens with one attached hydrogen (secondary N) is 1. The predicted molar refractivity (Wildman–Crippen MR) is 103 cm³/mol. The maximum atomic E-state index is 12.4. The Hall–Kier alpha value is -1.84. The molecular weight excluding hydrogens is 320 g/mol. The van der Waals surface area contributed by atoms with Crippen molar-refractivity contribution in [2.45, 2.75) is 19.3 Å². The Labute approximate surface area is 150 Å². The smallest absolute Gasteiger partial charge is 0.251 e. The van der Waals surface area contributed by atoms with Gasteiger partial charge in [0.1, 0.15) is 0 Å². The highest BCUT2D eigenvalue weighted by atomic mass is 35.5. The van der Waals surface area contributed by atoms with Crippen LogP contribution in [0, 0.1) is 0 Å². The van der Waals surface area contributed by atoms with Gasteiger partial charge < -0.3 is 10.2 Å². The number of hydrogen-bond donors (Lipinski definition) is 1. The van der Waals surface area contributed by atoms with Crippen LogP contribution in [0.1, 0.15) is 24.8 Å². The second-order valence-electron chi connectivity index (χ2n) is 6.15. The van der Waals surface area contributed by atoms with Gasteiger partial charge >= 0.3 is 0 Å². The van der Waals surface area contributed by atoms with E-state index in [0.29, 0.717) is 17.1 Å². The van der Waals surface area contributed by atoms with Crippen LogP contribution in [-0.4, -0.2) is 38.0 Å². The molecule has 1 unspecified atom stereocenters. The Morgan fingerprint density at radius 1 is 1.33 bits per heavy atom. The first-order valence-electron chi connectivity index (χ1n) is 8.02. The van der Waals surface area contributed by atoms with Crippen LogP contribution in [0.15, 0.2) is 60.7 Å². The van der Waals surface area contributed by atoms with Crippen molar-refractivity contribution in [3.63, 3.8) is 0 Å². The van der Waals surface area contributed by atoms with Crippen LogP contribution < -0.4 is 5.32 Å². The van der Waals surface area contributed by atoms with Crippen molar-refractivity contribution in [1.29, 1.82) is 0 Å². The molecule has 0 saturated heterocycles. The summed E-state index contributed by atoms with van der Waals surface area (Å²) >= 11 is 5.98. The molecule has 0 aromatic heterocycles. The van der Waals surface area contributed by atoms with Gasteiger partial charge in [0.2, 0.25) is 0 Å². The third-order valence-electron chi connectivity index (χ3n) is 3.76. The fourth-order valence-electron chi connectivity index (χ4n) is 2.38. The Bertz CT molecular complexity index is 603. The third-order valence-corrected chi connectivity index (χ3v) is 4.02. The molecule has 4 heteroatoms. The fraction of sp³-hybridized carbons (Fsp3) is 0.350. The van der Waals surface area contributed by atoms with Crippen LogP contribution in [0.5, 0.6) is 0 Å². The minimum Gasteiger partial charge on any atom is -0.351 e. The lowest BCUT2D eigenvalue weighted by molar-refractivity contribution is -0.117. The standard InChI is InChI=1S/C20H27ClN2O/c1-6-7-19(15(2)3)20(24)22-14-17(12-13-23(4)5)16-8-10-18(21)11-9-16/h6-11,17H,1-2,12-14H2,3-5H3,(H,22,24)/b19-7+. The van der Waals surface area contributed by atoms with Gasteiger partial charge in [-0.1, -0.05) is 43.0 Å². The Balaban J connectivity index is 2.83. The molecule has 0 radical (unpaired) electrons. The molecule has 0 aliphatic rings. The Morgan fingerprint density at radius 2 is 1.96 bits per heavy atom. The molecule has 1 aromatic carbocycles. The number of carbonyl (C=O) groups excluding carboxylic acids is 1. The average molecular weight is 347 g/mol. The number of amides is 1. The molecule has 0 aliphatic heterocycles. The quantitative estimate of drug-likeness (QED) is 0.537. The van der Waals surface area contributed by atoms with Crippen molar-refractivity contribution in [3.8, 4) is 0 Å². The summed E-state index contributed by atoms with van der Waals surface area (Å²) in [6, 6.07) is 7.82. The van der Waals surface area contributed by atoms with Gasteiger partial charge in [-0.2, -0.15) is 0 Å². The lowest BCUT2D eigenvalue weighted by Gasteiger charge is -2.21. The van der Waals surface area contributed by atoms with Crippen molar-refractivity contribution < 1.29 is 4.79 Å². The summed E-state index contributed by atoms with van der Waals surface area (Å²) in [5, 5.41) is 3.73. The molecule has 1 aromatic rings. The number of halogens is 1. The lowest BCUT2D eigenvalue weighted by Crippen LogP contribution is -2.31. The maximum Gasteiger partial charge on any atom is 0.251 e. The van der Waals surface area contributed by atoms with Crippen molar-refractivity contribution in [1.82, 2.24) is 10.2 Å². The van der Waals surface area contributed by atoms with E-state index >= 15 is 0 Å². The Kier molecular flexibility index (Phi) is 8.51. The van der Waals surface area contributed by atoms with Crippen LogP contribution >= 0.6 is 11.6 Å². The normalized spacial score (nSPS) is 12.8. The molecule has 0 bridgehead atoms. The van der Waals surface area contributed by atoms with Gasteiger partial charge in [-0.25, -0.2) is 0 Å². The van der Waals surface area contributed by atoms with E-state index in [0.717, 1.165) is 18.5 Å². The molecule has 0 saturated carbocycles. The molecule has 1 atom stereocenters. The maximum absolute atomic E-state index is 12.4. The van der Waals surface area contributed by atoms with E-state index in [1.165, 1.54) is 5.56 Å². The molecule has 0 fully saturated rings. The summed E-state index contributed by atoms with van der Waals surface area (Å²) < 4.78 is 0. The molecule has 1 rings (SSSR count). The SMILES string of the molecule is C=C/C=C(\C(=C)C)C(=O)NCC(CCN(C)C)c1ccc(Cl)cc1. The van der Waals surface area contributed by atoms with Crippen LogP contribution in [0.2, 0.25) is 5.02 Å². The highest BCUT2D eigenvalue weighted by molar-refractivity contribution is 6.30. The van der Waals surface area contributed by atoms with Crippen molar-refractivity contribution in [3.05, 3.63) is 71.3 Å². The van der Waals surface area contributed by atoms with Crippen molar-refractivity contribution in [2.75, 3.05) is 27.2 Å².